The summed E-state index contributed by atoms with van der Waals surface area (Å²) in [5.41, 5.74) is 1.26. The maximum atomic E-state index is 13.7. The zero-order chi connectivity index (χ0) is 15.7. The first-order valence-electron chi connectivity index (χ1n) is 6.69. The Morgan fingerprint density at radius 1 is 1.27 bits per heavy atom. The van der Waals surface area contributed by atoms with E-state index in [1.807, 2.05) is 6.07 Å². The molecule has 0 aliphatic rings. The number of nitrogens with zero attached hydrogens (tertiary/aromatic N) is 3. The molecule has 0 N–H and O–H groups in total. The normalized spacial score (nSPS) is 10.9. The molecule has 22 heavy (non-hydrogen) atoms. The maximum Gasteiger partial charge on any atom is 0.275 e. The highest BCUT2D eigenvalue weighted by atomic mass is 35.5. The quantitative estimate of drug-likeness (QED) is 0.742. The molecule has 0 saturated heterocycles. The first-order chi connectivity index (χ1) is 10.6. The second-order valence-electron chi connectivity index (χ2n) is 4.95. The third-order valence-electron chi connectivity index (χ3n) is 3.39. The minimum atomic E-state index is -0.350. The van der Waals surface area contributed by atoms with Crippen LogP contribution in [0.25, 0.3) is 5.52 Å². The lowest BCUT2D eigenvalue weighted by molar-refractivity contribution is 0.0778. The average molecular weight is 318 g/mol. The van der Waals surface area contributed by atoms with Crippen LogP contribution in [-0.4, -0.2) is 27.5 Å². The van der Waals surface area contributed by atoms with Crippen LogP contribution in [0.3, 0.4) is 0 Å². The van der Waals surface area contributed by atoms with Crippen molar-refractivity contribution >= 4 is 23.0 Å². The van der Waals surface area contributed by atoms with Crippen LogP contribution in [0.15, 0.2) is 48.7 Å². The number of hydrogen-bond donors (Lipinski definition) is 0. The van der Waals surface area contributed by atoms with E-state index in [1.54, 1.807) is 48.1 Å². The molecule has 3 rings (SSSR count). The van der Waals surface area contributed by atoms with Crippen LogP contribution in [0.5, 0.6) is 0 Å². The van der Waals surface area contributed by atoms with Crippen molar-refractivity contribution in [1.82, 2.24) is 14.5 Å². The van der Waals surface area contributed by atoms with E-state index in [-0.39, 0.29) is 24.0 Å². The Morgan fingerprint density at radius 3 is 2.73 bits per heavy atom. The fourth-order valence-electron chi connectivity index (χ4n) is 2.24. The lowest BCUT2D eigenvalue weighted by Crippen LogP contribution is -2.27. The van der Waals surface area contributed by atoms with Gasteiger partial charge < -0.3 is 4.90 Å². The molecule has 3 aromatic rings. The first-order valence-corrected chi connectivity index (χ1v) is 7.07. The molecule has 0 unspecified atom stereocenters. The van der Waals surface area contributed by atoms with Crippen LogP contribution in [-0.2, 0) is 6.54 Å². The van der Waals surface area contributed by atoms with Gasteiger partial charge in [0.25, 0.3) is 5.91 Å². The molecule has 2 aromatic heterocycles. The Bertz CT molecular complexity index is 846. The van der Waals surface area contributed by atoms with E-state index in [9.17, 15) is 9.18 Å². The van der Waals surface area contributed by atoms with Crippen molar-refractivity contribution in [1.29, 1.82) is 0 Å². The van der Waals surface area contributed by atoms with E-state index in [0.29, 0.717) is 16.1 Å². The van der Waals surface area contributed by atoms with E-state index in [2.05, 4.69) is 5.10 Å². The Kier molecular flexibility index (Phi) is 3.81. The van der Waals surface area contributed by atoms with Gasteiger partial charge in [0.2, 0.25) is 0 Å². The van der Waals surface area contributed by atoms with Crippen molar-refractivity contribution < 1.29 is 9.18 Å². The number of hydrogen-bond acceptors (Lipinski definition) is 2. The Morgan fingerprint density at radius 2 is 2.00 bits per heavy atom. The van der Waals surface area contributed by atoms with Gasteiger partial charge in [-0.3, -0.25) is 4.79 Å². The predicted octanol–water partition coefficient (Wildman–Crippen LogP) is 3.40. The molecule has 1 amide bonds. The van der Waals surface area contributed by atoms with Crippen molar-refractivity contribution in [3.05, 3.63) is 70.8 Å². The second kappa shape index (κ2) is 5.77. The van der Waals surface area contributed by atoms with Crippen LogP contribution < -0.4 is 0 Å². The molecule has 0 fully saturated rings. The molecule has 0 radical (unpaired) electrons. The van der Waals surface area contributed by atoms with Crippen molar-refractivity contribution in [3.63, 3.8) is 0 Å². The van der Waals surface area contributed by atoms with E-state index >= 15 is 0 Å². The largest absolute Gasteiger partial charge is 0.336 e. The molecule has 0 aliphatic carbocycles. The minimum Gasteiger partial charge on any atom is -0.336 e. The van der Waals surface area contributed by atoms with Crippen molar-refractivity contribution in [2.45, 2.75) is 6.54 Å². The van der Waals surface area contributed by atoms with Crippen LogP contribution in [0.4, 0.5) is 4.39 Å². The monoisotopic (exact) mass is 317 g/mol. The van der Waals surface area contributed by atoms with Gasteiger partial charge in [0.1, 0.15) is 5.82 Å². The van der Waals surface area contributed by atoms with Crippen LogP contribution >= 0.6 is 11.6 Å². The van der Waals surface area contributed by atoms with Gasteiger partial charge in [-0.1, -0.05) is 35.9 Å². The summed E-state index contributed by atoms with van der Waals surface area (Å²) in [4.78, 5) is 13.9. The third kappa shape index (κ3) is 2.55. The number of pyridine rings is 1. The van der Waals surface area contributed by atoms with Gasteiger partial charge in [-0.25, -0.2) is 8.91 Å². The van der Waals surface area contributed by atoms with Crippen molar-refractivity contribution in [2.24, 2.45) is 0 Å². The summed E-state index contributed by atoms with van der Waals surface area (Å²) in [5.74, 6) is -0.694. The molecule has 0 aliphatic heterocycles. The Balaban J connectivity index is 1.89. The summed E-state index contributed by atoms with van der Waals surface area (Å²) in [6.45, 7) is 0.149. The summed E-state index contributed by atoms with van der Waals surface area (Å²) < 4.78 is 15.2. The molecular formula is C16H13ClFN3O. The number of amides is 1. The molecule has 0 saturated carbocycles. The highest BCUT2D eigenvalue weighted by molar-refractivity contribution is 6.36. The number of aromatic nitrogens is 2. The van der Waals surface area contributed by atoms with Crippen LogP contribution in [0.2, 0.25) is 5.02 Å². The van der Waals surface area contributed by atoms with Gasteiger partial charge in [-0.15, -0.1) is 0 Å². The number of halogens is 2. The Hall–Kier alpha value is -2.40. The summed E-state index contributed by atoms with van der Waals surface area (Å²) in [6.07, 6.45) is 1.72. The standard InChI is InChI=1S/C16H13ClFN3O/c1-20(10-11-6-2-3-7-12(11)18)16(22)15-14(17)13-8-4-5-9-21(13)19-15/h2-9H,10H2,1H3. The summed E-state index contributed by atoms with van der Waals surface area (Å²) in [6, 6.07) is 11.8. The number of benzene rings is 1. The third-order valence-corrected chi connectivity index (χ3v) is 3.77. The van der Waals surface area contributed by atoms with Crippen LogP contribution in [0, 0.1) is 5.82 Å². The number of carbonyl (C=O) groups excluding carboxylic acids is 1. The van der Waals surface area contributed by atoms with Gasteiger partial charge in [0.15, 0.2) is 5.69 Å². The lowest BCUT2D eigenvalue weighted by Gasteiger charge is -2.16. The smallest absolute Gasteiger partial charge is 0.275 e. The van der Waals surface area contributed by atoms with E-state index in [0.717, 1.165) is 0 Å². The fourth-order valence-corrected chi connectivity index (χ4v) is 2.51. The predicted molar refractivity (Wildman–Crippen MR) is 82.4 cm³/mol. The molecule has 0 bridgehead atoms. The molecule has 0 spiro atoms. The summed E-state index contributed by atoms with van der Waals surface area (Å²) in [7, 11) is 1.59. The average Bonchev–Trinajstić information content (AvgIpc) is 2.86. The second-order valence-corrected chi connectivity index (χ2v) is 5.32. The van der Waals surface area contributed by atoms with Crippen molar-refractivity contribution in [2.75, 3.05) is 7.05 Å². The molecular weight excluding hydrogens is 305 g/mol. The first kappa shape index (κ1) is 14.5. The van der Waals surface area contributed by atoms with E-state index in [4.69, 9.17) is 11.6 Å². The highest BCUT2D eigenvalue weighted by Crippen LogP contribution is 2.23. The summed E-state index contributed by atoms with van der Waals surface area (Å²) in [5, 5.41) is 4.49. The van der Waals surface area contributed by atoms with Gasteiger partial charge >= 0.3 is 0 Å². The topological polar surface area (TPSA) is 37.6 Å². The Labute approximate surface area is 131 Å². The van der Waals surface area contributed by atoms with E-state index in [1.165, 1.54) is 11.0 Å². The summed E-state index contributed by atoms with van der Waals surface area (Å²) >= 11 is 6.23. The van der Waals surface area contributed by atoms with Gasteiger partial charge in [0, 0.05) is 25.4 Å². The maximum absolute atomic E-state index is 13.7. The molecule has 1 aromatic carbocycles. The van der Waals surface area contributed by atoms with Crippen LogP contribution in [0.1, 0.15) is 16.1 Å². The minimum absolute atomic E-state index is 0.149. The zero-order valence-corrected chi connectivity index (χ0v) is 12.6. The SMILES string of the molecule is CN(Cc1ccccc1F)C(=O)c1nn2ccccc2c1Cl. The van der Waals surface area contributed by atoms with Crippen molar-refractivity contribution in [3.8, 4) is 0 Å². The van der Waals surface area contributed by atoms with Gasteiger partial charge in [-0.05, 0) is 18.2 Å². The number of rotatable bonds is 3. The lowest BCUT2D eigenvalue weighted by atomic mass is 10.2. The number of fused-ring (bicyclic) bond motifs is 1. The highest BCUT2D eigenvalue weighted by Gasteiger charge is 2.21. The molecule has 0 atom stereocenters. The molecule has 6 heteroatoms. The molecule has 4 nitrogen and oxygen atoms in total. The van der Waals surface area contributed by atoms with E-state index < -0.39 is 0 Å². The zero-order valence-electron chi connectivity index (χ0n) is 11.8. The van der Waals surface area contributed by atoms with Gasteiger partial charge in [0.05, 0.1) is 10.5 Å². The number of carbonyl (C=O) groups is 1. The molecule has 2 heterocycles. The fraction of sp³-hybridized carbons (Fsp3) is 0.125. The molecule has 112 valence electrons. The van der Waals surface area contributed by atoms with Gasteiger partial charge in [-0.2, -0.15) is 5.10 Å².